The fraction of sp³-hybridized carbons (Fsp3) is 0. The zero-order chi connectivity index (χ0) is 26.9. The molecule has 0 saturated heterocycles. The fourth-order valence-electron chi connectivity index (χ4n) is 5.55. The van der Waals surface area contributed by atoms with E-state index in [1.54, 1.807) is 0 Å². The Morgan fingerprint density at radius 1 is 0.375 bits per heavy atom. The molecule has 1 atom stereocenters. The van der Waals surface area contributed by atoms with E-state index >= 15 is 4.57 Å². The van der Waals surface area contributed by atoms with E-state index in [9.17, 15) is 0 Å². The van der Waals surface area contributed by atoms with Gasteiger partial charge >= 0.3 is 7.44 Å². The molecule has 0 fully saturated rings. The Bertz CT molecular complexity index is 1770. The molecule has 0 aromatic heterocycles. The first-order valence-electron chi connectivity index (χ1n) is 13.4. The van der Waals surface area contributed by atoms with Crippen LogP contribution < -0.4 is 14.6 Å². The molecule has 1 aliphatic heterocycles. The molecule has 7 rings (SSSR count). The second-order valence-corrected chi connectivity index (χ2v) is 12.2. The van der Waals surface area contributed by atoms with Crippen LogP contribution in [-0.2, 0) is 4.57 Å². The third-order valence-electron chi connectivity index (χ3n) is 7.35. The van der Waals surface area contributed by atoms with Gasteiger partial charge in [0.25, 0.3) is 0 Å². The first-order chi connectivity index (χ1) is 19.7. The van der Waals surface area contributed by atoms with Gasteiger partial charge in [-0.05, 0) is 76.9 Å². The lowest BCUT2D eigenvalue weighted by molar-refractivity contribution is 0.582. The van der Waals surface area contributed by atoms with Crippen LogP contribution in [0.3, 0.4) is 0 Å². The highest BCUT2D eigenvalue weighted by molar-refractivity contribution is 7.76. The minimum atomic E-state index is -3.42. The minimum absolute atomic E-state index is 0.779. The zero-order valence-electron chi connectivity index (χ0n) is 21.8. The molecule has 0 saturated carbocycles. The number of hydrogen-bond acceptors (Lipinski definition) is 1. The molecule has 40 heavy (non-hydrogen) atoms. The second kappa shape index (κ2) is 10.0. The van der Waals surface area contributed by atoms with Gasteiger partial charge in [-0.1, -0.05) is 109 Å². The molecule has 192 valence electrons. The van der Waals surface area contributed by atoms with Crippen molar-refractivity contribution in [1.82, 2.24) is 0 Å². The van der Waals surface area contributed by atoms with Crippen molar-refractivity contribution in [3.05, 3.63) is 164 Å². The summed E-state index contributed by atoms with van der Waals surface area (Å²) in [5.41, 5.74) is 8.01. The van der Waals surface area contributed by atoms with Gasteiger partial charge in [0.1, 0.15) is 0 Å². The summed E-state index contributed by atoms with van der Waals surface area (Å²) in [5.74, 6) is 0. The maximum atomic E-state index is 15.9. The molecule has 0 amide bonds. The molecule has 4 heteroatoms. The SMILES string of the molecule is O=P1(c2ccccc2)N(c2ccccc2)c2ccccc2N1c1cc(-c2ccccc2)cc(-c2ccccc2)c1. The number of fused-ring (bicyclic) bond motifs is 1. The van der Waals surface area contributed by atoms with E-state index in [0.29, 0.717) is 0 Å². The molecule has 0 radical (unpaired) electrons. The molecule has 1 unspecified atom stereocenters. The highest BCUT2D eigenvalue weighted by atomic mass is 31.2. The average Bonchev–Trinajstić information content (AvgIpc) is 3.31. The third kappa shape index (κ3) is 4.04. The molecule has 0 bridgehead atoms. The standard InChI is InChI=1S/C36H27N2OP/c39-40(34-21-11-4-12-22-34)37(32-19-9-3-10-20-32)35-23-13-14-24-36(35)38(40)33-26-30(28-15-5-1-6-16-28)25-31(27-33)29-17-7-2-8-18-29/h1-27H. The number of rotatable bonds is 5. The molecule has 6 aromatic rings. The Balaban J connectivity index is 1.53. The van der Waals surface area contributed by atoms with Crippen LogP contribution in [-0.4, -0.2) is 0 Å². The lowest BCUT2D eigenvalue weighted by atomic mass is 9.98. The Kier molecular flexibility index (Phi) is 6.07. The minimum Gasteiger partial charge on any atom is -0.270 e. The van der Waals surface area contributed by atoms with Gasteiger partial charge in [-0.15, -0.1) is 0 Å². The van der Waals surface area contributed by atoms with Crippen LogP contribution in [0.1, 0.15) is 0 Å². The number of para-hydroxylation sites is 3. The average molecular weight is 535 g/mol. The van der Waals surface area contributed by atoms with Crippen LogP contribution >= 0.6 is 7.44 Å². The first-order valence-corrected chi connectivity index (χ1v) is 15.0. The van der Waals surface area contributed by atoms with E-state index < -0.39 is 7.44 Å². The van der Waals surface area contributed by atoms with Crippen molar-refractivity contribution in [1.29, 1.82) is 0 Å². The van der Waals surface area contributed by atoms with Crippen molar-refractivity contribution in [3.8, 4) is 22.3 Å². The topological polar surface area (TPSA) is 23.6 Å². The van der Waals surface area contributed by atoms with E-state index in [2.05, 4.69) is 83.5 Å². The van der Waals surface area contributed by atoms with E-state index in [1.165, 1.54) is 0 Å². The van der Waals surface area contributed by atoms with E-state index in [1.807, 2.05) is 89.6 Å². The van der Waals surface area contributed by atoms with Gasteiger partial charge in [0.05, 0.1) is 22.4 Å². The lowest BCUT2D eigenvalue weighted by Crippen LogP contribution is -2.26. The maximum Gasteiger partial charge on any atom is 0.301 e. The van der Waals surface area contributed by atoms with Crippen molar-refractivity contribution < 1.29 is 4.57 Å². The van der Waals surface area contributed by atoms with Crippen molar-refractivity contribution in [2.45, 2.75) is 0 Å². The van der Waals surface area contributed by atoms with Crippen molar-refractivity contribution in [2.24, 2.45) is 0 Å². The normalized spacial score (nSPS) is 16.1. The molecule has 0 aliphatic carbocycles. The van der Waals surface area contributed by atoms with Crippen LogP contribution in [0, 0.1) is 0 Å². The number of benzene rings is 6. The highest BCUT2D eigenvalue weighted by Crippen LogP contribution is 2.70. The fourth-order valence-corrected chi connectivity index (χ4v) is 8.54. The Morgan fingerprint density at radius 3 is 1.27 bits per heavy atom. The lowest BCUT2D eigenvalue weighted by Gasteiger charge is -2.33. The molecular formula is C36H27N2OP. The summed E-state index contributed by atoms with van der Waals surface area (Å²) >= 11 is 0. The van der Waals surface area contributed by atoms with E-state index in [-0.39, 0.29) is 0 Å². The van der Waals surface area contributed by atoms with Gasteiger partial charge in [0.2, 0.25) is 0 Å². The second-order valence-electron chi connectivity index (χ2n) is 9.83. The summed E-state index contributed by atoms with van der Waals surface area (Å²) in [7, 11) is -3.42. The summed E-state index contributed by atoms with van der Waals surface area (Å²) in [4.78, 5) is 0. The molecule has 1 heterocycles. The predicted molar refractivity (Wildman–Crippen MR) is 168 cm³/mol. The first kappa shape index (κ1) is 24.2. The van der Waals surface area contributed by atoms with Crippen LogP contribution in [0.15, 0.2) is 164 Å². The van der Waals surface area contributed by atoms with Crippen molar-refractivity contribution >= 4 is 35.5 Å². The van der Waals surface area contributed by atoms with Crippen molar-refractivity contribution in [3.63, 3.8) is 0 Å². The number of nitrogens with zero attached hydrogens (tertiary/aromatic N) is 2. The van der Waals surface area contributed by atoms with Gasteiger partial charge in [0, 0.05) is 5.69 Å². The highest BCUT2D eigenvalue weighted by Gasteiger charge is 2.48. The van der Waals surface area contributed by atoms with Crippen molar-refractivity contribution in [2.75, 3.05) is 9.34 Å². The zero-order valence-corrected chi connectivity index (χ0v) is 22.7. The summed E-state index contributed by atoms with van der Waals surface area (Å²) in [6, 6.07) is 55.5. The quantitative estimate of drug-likeness (QED) is 0.206. The molecule has 6 aromatic carbocycles. The van der Waals surface area contributed by atoms with Gasteiger partial charge in [-0.25, -0.2) is 0 Å². The molecule has 3 nitrogen and oxygen atoms in total. The smallest absolute Gasteiger partial charge is 0.270 e. The summed E-state index contributed by atoms with van der Waals surface area (Å²) in [6.45, 7) is 0. The summed E-state index contributed by atoms with van der Waals surface area (Å²) < 4.78 is 20.0. The molecule has 0 N–H and O–H groups in total. The van der Waals surface area contributed by atoms with Gasteiger partial charge < -0.3 is 0 Å². The predicted octanol–water partition coefficient (Wildman–Crippen LogP) is 9.83. The molecule has 0 spiro atoms. The summed E-state index contributed by atoms with van der Waals surface area (Å²) in [6.07, 6.45) is 0. The largest absolute Gasteiger partial charge is 0.301 e. The van der Waals surface area contributed by atoms with Crippen LogP contribution in [0.4, 0.5) is 22.7 Å². The van der Waals surface area contributed by atoms with Crippen LogP contribution in [0.2, 0.25) is 0 Å². The number of hydrogen-bond donors (Lipinski definition) is 0. The van der Waals surface area contributed by atoms with E-state index in [0.717, 1.165) is 50.3 Å². The molecule has 1 aliphatic rings. The van der Waals surface area contributed by atoms with Crippen LogP contribution in [0.5, 0.6) is 0 Å². The van der Waals surface area contributed by atoms with Crippen LogP contribution in [0.25, 0.3) is 22.3 Å². The van der Waals surface area contributed by atoms with Gasteiger partial charge in [-0.3, -0.25) is 13.9 Å². The van der Waals surface area contributed by atoms with E-state index in [4.69, 9.17) is 0 Å². The maximum absolute atomic E-state index is 15.9. The Hall–Kier alpha value is -4.85. The van der Waals surface area contributed by atoms with Gasteiger partial charge in [0.15, 0.2) is 0 Å². The third-order valence-corrected chi connectivity index (χ3v) is 10.3. The Morgan fingerprint density at radius 2 is 0.775 bits per heavy atom. The summed E-state index contributed by atoms with van der Waals surface area (Å²) in [5, 5.41) is 0.779. The van der Waals surface area contributed by atoms with Gasteiger partial charge in [-0.2, -0.15) is 0 Å². The molecular weight excluding hydrogens is 507 g/mol. The Labute approximate surface area is 235 Å². The monoisotopic (exact) mass is 534 g/mol. The number of anilines is 4.